The van der Waals surface area contributed by atoms with Gasteiger partial charge in [-0.05, 0) is 31.2 Å². The largest absolute Gasteiger partial charge is 0.370 e. The Morgan fingerprint density at radius 3 is 1.43 bits per heavy atom. The summed E-state index contributed by atoms with van der Waals surface area (Å²) in [6.45, 7) is -1.77. The molecule has 3 unspecified atom stereocenters. The van der Waals surface area contributed by atoms with Crippen molar-refractivity contribution in [1.82, 2.24) is 47.9 Å². The molecule has 3 atom stereocenters. The molecule has 268 valence electrons. The van der Waals surface area contributed by atoms with Gasteiger partial charge < -0.3 is 59.3 Å². The first-order valence-electron chi connectivity index (χ1n) is 15.5. The maximum absolute atomic E-state index is 13.1. The number of carbonyl (C=O) groups excluding carboxylic acids is 7. The third-order valence-corrected chi connectivity index (χ3v) is 6.92. The smallest absolute Gasteiger partial charge is 0.243 e. The van der Waals surface area contributed by atoms with Gasteiger partial charge in [0.15, 0.2) is 11.9 Å². The van der Waals surface area contributed by atoms with Gasteiger partial charge in [-0.2, -0.15) is 0 Å². The summed E-state index contributed by atoms with van der Waals surface area (Å²) in [5.41, 5.74) is 11.3. The number of benzene rings is 1. The number of nitrogens with one attached hydrogen (secondary N) is 11. The SMILES string of the molecule is N=C(N)NCCCC1NC(=O)CNC(=O)CNC(=O)C(Cc2ccccc2)NC(=O)CNC(=O)C(CCCNC(=N)N)NC(=O)CNC1=O. The highest BCUT2D eigenvalue weighted by Crippen LogP contribution is 2.04. The van der Waals surface area contributed by atoms with Gasteiger partial charge in [-0.1, -0.05) is 30.3 Å². The van der Waals surface area contributed by atoms with Gasteiger partial charge in [-0.3, -0.25) is 44.4 Å². The summed E-state index contributed by atoms with van der Waals surface area (Å²) in [5.74, 6) is -5.67. The minimum Gasteiger partial charge on any atom is -0.370 e. The summed E-state index contributed by atoms with van der Waals surface area (Å²) in [7, 11) is 0. The molecule has 49 heavy (non-hydrogen) atoms. The quantitative estimate of drug-likeness (QED) is 0.0626. The lowest BCUT2D eigenvalue weighted by Crippen LogP contribution is -2.54. The average Bonchev–Trinajstić information content (AvgIpc) is 3.06. The van der Waals surface area contributed by atoms with Crippen molar-refractivity contribution in [2.75, 3.05) is 39.3 Å². The minimum atomic E-state index is -1.16. The molecule has 15 N–H and O–H groups in total. The monoisotopic (exact) mass is 687 g/mol. The van der Waals surface area contributed by atoms with Crippen molar-refractivity contribution in [3.8, 4) is 0 Å². The molecule has 1 aromatic rings. The van der Waals surface area contributed by atoms with Crippen LogP contribution >= 0.6 is 0 Å². The van der Waals surface area contributed by atoms with Crippen LogP contribution in [0.15, 0.2) is 30.3 Å². The molecule has 20 nitrogen and oxygen atoms in total. The molecule has 1 saturated heterocycles. The number of carbonyl (C=O) groups is 7. The summed E-state index contributed by atoms with van der Waals surface area (Å²) >= 11 is 0. The molecular formula is C29H45N13O7. The topological polar surface area (TPSA) is 327 Å². The van der Waals surface area contributed by atoms with Gasteiger partial charge in [-0.25, -0.2) is 0 Å². The zero-order chi connectivity index (χ0) is 36.2. The molecular weight excluding hydrogens is 642 g/mol. The first kappa shape index (κ1) is 39.2. The summed E-state index contributed by atoms with van der Waals surface area (Å²) in [6, 6.07) is 5.32. The van der Waals surface area contributed by atoms with Crippen molar-refractivity contribution < 1.29 is 33.6 Å². The Morgan fingerprint density at radius 1 is 0.592 bits per heavy atom. The fourth-order valence-electron chi connectivity index (χ4n) is 4.50. The molecule has 7 amide bonds. The number of guanidine groups is 2. The van der Waals surface area contributed by atoms with Crippen molar-refractivity contribution in [2.45, 2.75) is 50.2 Å². The average molecular weight is 688 g/mol. The second-order valence-corrected chi connectivity index (χ2v) is 10.9. The minimum absolute atomic E-state index is 0.0581. The molecule has 0 bridgehead atoms. The molecule has 1 aromatic carbocycles. The van der Waals surface area contributed by atoms with Gasteiger partial charge in [0.1, 0.15) is 18.1 Å². The van der Waals surface area contributed by atoms with Crippen LogP contribution in [0.3, 0.4) is 0 Å². The van der Waals surface area contributed by atoms with Crippen LogP contribution in [0.25, 0.3) is 0 Å². The van der Waals surface area contributed by atoms with Gasteiger partial charge >= 0.3 is 0 Å². The zero-order valence-electron chi connectivity index (χ0n) is 26.9. The van der Waals surface area contributed by atoms with Crippen LogP contribution in [0.5, 0.6) is 0 Å². The van der Waals surface area contributed by atoms with Gasteiger partial charge in [0, 0.05) is 19.5 Å². The fraction of sp³-hybridized carbons (Fsp3) is 0.483. The Labute approximate surface area is 282 Å². The molecule has 1 fully saturated rings. The molecule has 1 aliphatic heterocycles. The van der Waals surface area contributed by atoms with Crippen molar-refractivity contribution in [3.63, 3.8) is 0 Å². The van der Waals surface area contributed by atoms with Crippen LogP contribution in [-0.2, 0) is 40.0 Å². The first-order valence-corrected chi connectivity index (χ1v) is 15.5. The van der Waals surface area contributed by atoms with E-state index in [-0.39, 0.29) is 57.1 Å². The molecule has 0 radical (unpaired) electrons. The summed E-state index contributed by atoms with van der Waals surface area (Å²) in [6.07, 6.45) is 0.764. The van der Waals surface area contributed by atoms with E-state index in [1.807, 2.05) is 0 Å². The number of rotatable bonds is 10. The number of hydrogen-bond acceptors (Lipinski definition) is 9. The molecule has 0 spiro atoms. The summed E-state index contributed by atoms with van der Waals surface area (Å²) < 4.78 is 0. The van der Waals surface area contributed by atoms with E-state index in [4.69, 9.17) is 22.3 Å². The van der Waals surface area contributed by atoms with E-state index in [9.17, 15) is 33.6 Å². The van der Waals surface area contributed by atoms with E-state index in [1.165, 1.54) is 0 Å². The van der Waals surface area contributed by atoms with E-state index in [0.717, 1.165) is 0 Å². The van der Waals surface area contributed by atoms with Crippen molar-refractivity contribution in [3.05, 3.63) is 35.9 Å². The number of amides is 7. The highest BCUT2D eigenvalue weighted by atomic mass is 16.2. The van der Waals surface area contributed by atoms with Crippen LogP contribution in [0.1, 0.15) is 31.2 Å². The zero-order valence-corrected chi connectivity index (χ0v) is 26.9. The summed E-state index contributed by atoms with van der Waals surface area (Å²) in [4.78, 5) is 89.9. The van der Waals surface area contributed by atoms with Crippen molar-refractivity contribution in [2.24, 2.45) is 11.5 Å². The van der Waals surface area contributed by atoms with E-state index in [0.29, 0.717) is 5.56 Å². The highest BCUT2D eigenvalue weighted by Gasteiger charge is 2.26. The molecule has 0 saturated carbocycles. The molecule has 1 aliphatic rings. The Hall–Kier alpha value is -5.95. The molecule has 0 aliphatic carbocycles. The maximum Gasteiger partial charge on any atom is 0.243 e. The van der Waals surface area contributed by atoms with Gasteiger partial charge in [0.05, 0.1) is 26.2 Å². The molecule has 0 aromatic heterocycles. The van der Waals surface area contributed by atoms with Crippen LogP contribution in [0, 0.1) is 10.8 Å². The third kappa shape index (κ3) is 16.4. The Kier molecular flexibility index (Phi) is 16.8. The fourth-order valence-corrected chi connectivity index (χ4v) is 4.50. The second kappa shape index (κ2) is 21.0. The number of hydrogen-bond donors (Lipinski definition) is 13. The second-order valence-electron chi connectivity index (χ2n) is 10.9. The van der Waals surface area contributed by atoms with E-state index in [2.05, 4.69) is 47.9 Å². The van der Waals surface area contributed by atoms with E-state index in [1.54, 1.807) is 30.3 Å². The Balaban J connectivity index is 2.25. The van der Waals surface area contributed by atoms with Gasteiger partial charge in [0.25, 0.3) is 0 Å². The molecule has 1 heterocycles. The summed E-state index contributed by atoms with van der Waals surface area (Å²) in [5, 5.41) is 36.9. The van der Waals surface area contributed by atoms with Crippen molar-refractivity contribution >= 4 is 53.3 Å². The van der Waals surface area contributed by atoms with E-state index >= 15 is 0 Å². The van der Waals surface area contributed by atoms with Crippen LogP contribution < -0.4 is 59.3 Å². The lowest BCUT2D eigenvalue weighted by Gasteiger charge is -2.21. The van der Waals surface area contributed by atoms with Crippen LogP contribution in [0.4, 0.5) is 0 Å². The number of nitrogens with two attached hydrogens (primary N) is 2. The van der Waals surface area contributed by atoms with Crippen molar-refractivity contribution in [1.29, 1.82) is 10.8 Å². The van der Waals surface area contributed by atoms with Gasteiger partial charge in [0.2, 0.25) is 41.4 Å². The molecule has 20 heteroatoms. The van der Waals surface area contributed by atoms with Gasteiger partial charge in [-0.15, -0.1) is 0 Å². The lowest BCUT2D eigenvalue weighted by molar-refractivity contribution is -0.132. The predicted molar refractivity (Wildman–Crippen MR) is 176 cm³/mol. The normalized spacial score (nSPS) is 20.4. The van der Waals surface area contributed by atoms with E-state index < -0.39 is 85.7 Å². The predicted octanol–water partition coefficient (Wildman–Crippen LogP) is -5.31. The lowest BCUT2D eigenvalue weighted by atomic mass is 10.1. The standard InChI is InChI=1S/C29H45N13O7/c30-28(31)34-10-4-8-18-25(47)38-15-23(45)41-19(9-5-11-35-29(32)33)26(48)39-16-24(46)42-20(12-17-6-2-1-3-7-17)27(49)37-13-21(43)36-14-22(44)40-18/h1-3,6-7,18-20H,4-5,8-16H2,(H,36,43)(H,37,49)(H,38,47)(H,39,48)(H,40,44)(H,41,45)(H,42,46)(H4,30,31,34)(H4,32,33,35). The maximum atomic E-state index is 13.1. The van der Waals surface area contributed by atoms with Crippen LogP contribution in [0.2, 0.25) is 0 Å². The highest BCUT2D eigenvalue weighted by molar-refractivity contribution is 5.96. The Bertz CT molecular complexity index is 1360. The first-order chi connectivity index (χ1) is 23.3. The Morgan fingerprint density at radius 2 is 0.980 bits per heavy atom. The third-order valence-electron chi connectivity index (χ3n) is 6.92. The molecule has 2 rings (SSSR count). The van der Waals surface area contributed by atoms with Crippen LogP contribution in [-0.4, -0.2) is 111 Å².